The zero-order valence-electron chi connectivity index (χ0n) is 11.6. The highest BCUT2D eigenvalue weighted by Crippen LogP contribution is 2.07. The number of carboxylic acid groups (broad SMARTS) is 1. The third-order valence-electron chi connectivity index (χ3n) is 2.20. The van der Waals surface area contributed by atoms with Crippen molar-refractivity contribution >= 4 is 12.1 Å². The fourth-order valence-electron chi connectivity index (χ4n) is 1.46. The van der Waals surface area contributed by atoms with E-state index in [2.05, 4.69) is 10.4 Å². The maximum atomic E-state index is 11.4. The quantitative estimate of drug-likeness (QED) is 0.856. The Balaban J connectivity index is 2.44. The molecule has 1 aromatic heterocycles. The first-order valence-corrected chi connectivity index (χ1v) is 5.92. The number of carboxylic acids is 1. The van der Waals surface area contributed by atoms with Crippen molar-refractivity contribution in [1.82, 2.24) is 15.1 Å². The molecule has 19 heavy (non-hydrogen) atoms. The molecule has 0 aromatic carbocycles. The SMILES string of the molecule is Cn1nc(CCNC(=O)OC(C)(C)C)cc1C(=O)O. The summed E-state index contributed by atoms with van der Waals surface area (Å²) in [4.78, 5) is 22.2. The fraction of sp³-hybridized carbons (Fsp3) is 0.583. The summed E-state index contributed by atoms with van der Waals surface area (Å²) in [6.07, 6.45) is -0.0534. The number of alkyl carbamates (subject to hydrolysis) is 1. The Morgan fingerprint density at radius 1 is 1.47 bits per heavy atom. The third-order valence-corrected chi connectivity index (χ3v) is 2.20. The van der Waals surface area contributed by atoms with Gasteiger partial charge in [0, 0.05) is 20.0 Å². The van der Waals surface area contributed by atoms with Crippen LogP contribution in [0.2, 0.25) is 0 Å². The summed E-state index contributed by atoms with van der Waals surface area (Å²) in [6.45, 7) is 5.68. The van der Waals surface area contributed by atoms with Crippen molar-refractivity contribution in [1.29, 1.82) is 0 Å². The highest BCUT2D eigenvalue weighted by Gasteiger charge is 2.16. The number of ether oxygens (including phenoxy) is 1. The van der Waals surface area contributed by atoms with Crippen LogP contribution in [0.15, 0.2) is 6.07 Å². The summed E-state index contributed by atoms with van der Waals surface area (Å²) in [5.74, 6) is -1.03. The van der Waals surface area contributed by atoms with Crippen LogP contribution in [0.4, 0.5) is 4.79 Å². The first kappa shape index (κ1) is 15.0. The molecule has 7 heteroatoms. The average molecular weight is 269 g/mol. The second kappa shape index (κ2) is 5.73. The van der Waals surface area contributed by atoms with E-state index in [1.165, 1.54) is 10.7 Å². The van der Waals surface area contributed by atoms with E-state index in [1.54, 1.807) is 27.8 Å². The molecule has 2 N–H and O–H groups in total. The van der Waals surface area contributed by atoms with Crippen molar-refractivity contribution in [3.63, 3.8) is 0 Å². The van der Waals surface area contributed by atoms with Crippen LogP contribution in [0.25, 0.3) is 0 Å². The molecule has 1 heterocycles. The van der Waals surface area contributed by atoms with Crippen molar-refractivity contribution in [2.75, 3.05) is 6.54 Å². The number of amides is 1. The molecule has 0 fully saturated rings. The predicted molar refractivity (Wildman–Crippen MR) is 68.1 cm³/mol. The topological polar surface area (TPSA) is 93.5 Å². The molecular weight excluding hydrogens is 250 g/mol. The fourth-order valence-corrected chi connectivity index (χ4v) is 1.46. The molecular formula is C12H19N3O4. The third kappa shape index (κ3) is 4.99. The minimum absolute atomic E-state index is 0.118. The Bertz CT molecular complexity index is 474. The summed E-state index contributed by atoms with van der Waals surface area (Å²) in [7, 11) is 1.56. The van der Waals surface area contributed by atoms with Gasteiger partial charge in [0.2, 0.25) is 0 Å². The molecule has 0 bridgehead atoms. The van der Waals surface area contributed by atoms with Crippen molar-refractivity contribution in [3.8, 4) is 0 Å². The minimum Gasteiger partial charge on any atom is -0.477 e. The highest BCUT2D eigenvalue weighted by molar-refractivity contribution is 5.85. The van der Waals surface area contributed by atoms with Gasteiger partial charge in [0.1, 0.15) is 11.3 Å². The van der Waals surface area contributed by atoms with Crippen LogP contribution in [-0.4, -0.2) is 39.1 Å². The van der Waals surface area contributed by atoms with E-state index in [9.17, 15) is 9.59 Å². The molecule has 0 aliphatic heterocycles. The Morgan fingerprint density at radius 2 is 2.11 bits per heavy atom. The summed E-state index contributed by atoms with van der Waals surface area (Å²) in [6, 6.07) is 1.49. The zero-order chi connectivity index (χ0) is 14.6. The monoisotopic (exact) mass is 269 g/mol. The van der Waals surface area contributed by atoms with E-state index in [0.717, 1.165) is 0 Å². The van der Waals surface area contributed by atoms with Gasteiger partial charge in [-0.15, -0.1) is 0 Å². The van der Waals surface area contributed by atoms with Crippen molar-refractivity contribution in [2.45, 2.75) is 32.8 Å². The lowest BCUT2D eigenvalue weighted by Gasteiger charge is -2.19. The van der Waals surface area contributed by atoms with Gasteiger partial charge in [-0.05, 0) is 26.8 Å². The lowest BCUT2D eigenvalue weighted by molar-refractivity contribution is 0.0527. The number of aryl methyl sites for hydroxylation is 1. The van der Waals surface area contributed by atoms with Crippen LogP contribution >= 0.6 is 0 Å². The maximum Gasteiger partial charge on any atom is 0.407 e. The van der Waals surface area contributed by atoms with E-state index in [4.69, 9.17) is 9.84 Å². The second-order valence-corrected chi connectivity index (χ2v) is 5.13. The van der Waals surface area contributed by atoms with E-state index >= 15 is 0 Å². The standard InChI is InChI=1S/C12H19N3O4/c1-12(2,3)19-11(18)13-6-5-8-7-9(10(16)17)15(4)14-8/h7H,5-6H2,1-4H3,(H,13,18)(H,16,17). The van der Waals surface area contributed by atoms with Gasteiger partial charge in [-0.3, -0.25) is 4.68 Å². The molecule has 0 atom stereocenters. The molecule has 0 unspecified atom stereocenters. The van der Waals surface area contributed by atoms with Crippen molar-refractivity contribution < 1.29 is 19.4 Å². The number of carbonyl (C=O) groups is 2. The van der Waals surface area contributed by atoms with E-state index in [0.29, 0.717) is 18.7 Å². The lowest BCUT2D eigenvalue weighted by atomic mass is 10.2. The minimum atomic E-state index is -1.03. The van der Waals surface area contributed by atoms with Gasteiger partial charge < -0.3 is 15.2 Å². The van der Waals surface area contributed by atoms with Crippen molar-refractivity contribution in [2.24, 2.45) is 7.05 Å². The average Bonchev–Trinajstić information content (AvgIpc) is 2.57. The van der Waals surface area contributed by atoms with Gasteiger partial charge in [0.15, 0.2) is 0 Å². The summed E-state index contributed by atoms with van der Waals surface area (Å²) < 4.78 is 6.37. The number of aromatic nitrogens is 2. The molecule has 0 radical (unpaired) electrons. The Kier molecular flexibility index (Phi) is 4.52. The number of nitrogens with one attached hydrogen (secondary N) is 1. The largest absolute Gasteiger partial charge is 0.477 e. The summed E-state index contributed by atoms with van der Waals surface area (Å²) >= 11 is 0. The molecule has 106 valence electrons. The molecule has 0 spiro atoms. The molecule has 1 amide bonds. The van der Waals surface area contributed by atoms with Gasteiger partial charge in [-0.2, -0.15) is 5.10 Å². The van der Waals surface area contributed by atoms with E-state index in [1.807, 2.05) is 0 Å². The van der Waals surface area contributed by atoms with E-state index < -0.39 is 17.7 Å². The van der Waals surface area contributed by atoms with Crippen LogP contribution in [0.5, 0.6) is 0 Å². The van der Waals surface area contributed by atoms with Gasteiger partial charge in [-0.1, -0.05) is 0 Å². The van der Waals surface area contributed by atoms with Gasteiger partial charge in [0.05, 0.1) is 5.69 Å². The van der Waals surface area contributed by atoms with Crippen molar-refractivity contribution in [3.05, 3.63) is 17.5 Å². The number of hydrogen-bond acceptors (Lipinski definition) is 4. The predicted octanol–water partition coefficient (Wildman–Crippen LogP) is 1.19. The Labute approximate surface area is 111 Å². The number of hydrogen-bond donors (Lipinski definition) is 2. The van der Waals surface area contributed by atoms with Gasteiger partial charge in [-0.25, -0.2) is 9.59 Å². The summed E-state index contributed by atoms with van der Waals surface area (Å²) in [5.41, 5.74) is 0.189. The molecule has 1 aromatic rings. The molecule has 0 aliphatic rings. The first-order chi connectivity index (χ1) is 8.69. The molecule has 7 nitrogen and oxygen atoms in total. The van der Waals surface area contributed by atoms with Crippen LogP contribution in [0.3, 0.4) is 0 Å². The van der Waals surface area contributed by atoms with Crippen LogP contribution in [0, 0.1) is 0 Å². The number of carbonyl (C=O) groups excluding carboxylic acids is 1. The maximum absolute atomic E-state index is 11.4. The number of rotatable bonds is 4. The van der Waals surface area contributed by atoms with Crippen LogP contribution in [0.1, 0.15) is 37.0 Å². The second-order valence-electron chi connectivity index (χ2n) is 5.13. The van der Waals surface area contributed by atoms with Gasteiger partial charge >= 0.3 is 12.1 Å². The van der Waals surface area contributed by atoms with Crippen LogP contribution < -0.4 is 5.32 Å². The molecule has 0 aliphatic carbocycles. The normalized spacial score (nSPS) is 11.2. The molecule has 0 saturated heterocycles. The number of aromatic carboxylic acids is 1. The Morgan fingerprint density at radius 3 is 2.58 bits per heavy atom. The Hall–Kier alpha value is -2.05. The van der Waals surface area contributed by atoms with E-state index in [-0.39, 0.29) is 5.69 Å². The van der Waals surface area contributed by atoms with Crippen LogP contribution in [-0.2, 0) is 18.2 Å². The zero-order valence-corrected chi connectivity index (χ0v) is 11.6. The molecule has 1 rings (SSSR count). The first-order valence-electron chi connectivity index (χ1n) is 5.92. The lowest BCUT2D eigenvalue weighted by Crippen LogP contribution is -2.33. The highest BCUT2D eigenvalue weighted by atomic mass is 16.6. The summed E-state index contributed by atoms with van der Waals surface area (Å²) in [5, 5.41) is 15.5. The molecule has 0 saturated carbocycles. The smallest absolute Gasteiger partial charge is 0.407 e. The number of nitrogens with zero attached hydrogens (tertiary/aromatic N) is 2. The van der Waals surface area contributed by atoms with Gasteiger partial charge in [0.25, 0.3) is 0 Å².